The molecule has 2 saturated heterocycles. The first-order valence-corrected chi connectivity index (χ1v) is 19.5. The molecule has 2 fully saturated rings. The van der Waals surface area contributed by atoms with Crippen molar-refractivity contribution < 1.29 is 37.4 Å². The van der Waals surface area contributed by atoms with Crippen LogP contribution in [0.2, 0.25) is 0 Å². The molecule has 4 unspecified atom stereocenters. The second-order valence-corrected chi connectivity index (χ2v) is 15.5. The van der Waals surface area contributed by atoms with Crippen LogP contribution in [0.15, 0.2) is 36.4 Å². The summed E-state index contributed by atoms with van der Waals surface area (Å²) in [6.45, 7) is 6.47. The Bertz CT molecular complexity index is 2300. The van der Waals surface area contributed by atoms with E-state index in [1.165, 1.54) is 37.7 Å². The third kappa shape index (κ3) is 7.39. The Morgan fingerprint density at radius 1 is 0.804 bits per heavy atom. The van der Waals surface area contributed by atoms with Crippen molar-refractivity contribution in [2.24, 2.45) is 5.92 Å². The number of imidazole rings is 2. The van der Waals surface area contributed by atoms with Crippen LogP contribution in [0, 0.1) is 17.6 Å². The van der Waals surface area contributed by atoms with Gasteiger partial charge in [-0.3, -0.25) is 9.59 Å². The van der Waals surface area contributed by atoms with E-state index < -0.39 is 35.9 Å². The highest BCUT2D eigenvalue weighted by atomic mass is 32.1. The number of nitrogens with zero attached hydrogens (tertiary/aromatic N) is 4. The molecule has 296 valence electrons. The number of carbonyl (C=O) groups is 4. The topological polar surface area (TPSA) is 175 Å². The minimum absolute atomic E-state index is 0.184. The standard InChI is InChI=1S/C39H44F2N8O6S/c1-6-24(46-38(52)54-4)36(50)48-13-7-9-29(48)34-42-25-15-20(22(40)17-27(25)44-34)31-11-12-32(56-31)21-16-26-28(18-23(21)41)45-35(43-26)30-10-8-14-49(30)37(51)33(19(2)3)47-39(53)55-5/h11-12,15-19,24,29-30,33H,6-10,13-14H2,1-5H3,(H,42,44)(H,43,45)(H,46,52)(H,47,53). The van der Waals surface area contributed by atoms with Crippen LogP contribution < -0.4 is 10.6 Å². The van der Waals surface area contributed by atoms with Crippen LogP contribution in [-0.2, 0) is 19.1 Å². The van der Waals surface area contributed by atoms with E-state index in [0.29, 0.717) is 86.9 Å². The molecule has 14 nitrogen and oxygen atoms in total. The summed E-state index contributed by atoms with van der Waals surface area (Å²) in [5.41, 5.74) is 2.59. The Morgan fingerprint density at radius 3 is 1.75 bits per heavy atom. The maximum absolute atomic E-state index is 15.7. The van der Waals surface area contributed by atoms with Crippen LogP contribution in [-0.4, -0.2) is 93.1 Å². The lowest BCUT2D eigenvalue weighted by molar-refractivity contribution is -0.135. The van der Waals surface area contributed by atoms with E-state index in [-0.39, 0.29) is 29.8 Å². The molecule has 0 spiro atoms. The van der Waals surface area contributed by atoms with Crippen molar-refractivity contribution in [3.05, 3.63) is 59.7 Å². The van der Waals surface area contributed by atoms with Gasteiger partial charge in [-0.2, -0.15) is 0 Å². The number of amides is 4. The van der Waals surface area contributed by atoms with Crippen molar-refractivity contribution in [1.82, 2.24) is 40.4 Å². The fraction of sp³-hybridized carbons (Fsp3) is 0.436. The number of benzene rings is 2. The molecular formula is C39H44F2N8O6S. The molecule has 4 atom stereocenters. The van der Waals surface area contributed by atoms with E-state index in [2.05, 4.69) is 25.3 Å². The van der Waals surface area contributed by atoms with Crippen LogP contribution in [0.1, 0.15) is 76.6 Å². The number of hydrogen-bond acceptors (Lipinski definition) is 9. The maximum atomic E-state index is 15.7. The van der Waals surface area contributed by atoms with Gasteiger partial charge in [0.25, 0.3) is 0 Å². The molecule has 0 bridgehead atoms. The van der Waals surface area contributed by atoms with E-state index >= 15 is 8.78 Å². The molecule has 0 aliphatic carbocycles. The quantitative estimate of drug-likeness (QED) is 0.118. The number of aromatic nitrogens is 4. The van der Waals surface area contributed by atoms with Crippen molar-refractivity contribution in [1.29, 1.82) is 0 Å². The zero-order valence-electron chi connectivity index (χ0n) is 31.7. The van der Waals surface area contributed by atoms with E-state index in [0.717, 1.165) is 12.8 Å². The SMILES string of the molecule is CCC(NC(=O)OC)C(=O)N1CCCC1c1nc2cc(-c3ccc(-c4cc5nc(C6CCCN6C(=O)C(NC(=O)OC)C(C)C)[nH]c5cc4F)s3)c(F)cc2[nH]1. The predicted molar refractivity (Wildman–Crippen MR) is 206 cm³/mol. The Labute approximate surface area is 325 Å². The number of hydrogen-bond donors (Lipinski definition) is 4. The van der Waals surface area contributed by atoms with Crippen molar-refractivity contribution in [3.8, 4) is 20.9 Å². The Hall–Kier alpha value is -5.58. The number of fused-ring (bicyclic) bond motifs is 2. The zero-order valence-corrected chi connectivity index (χ0v) is 32.5. The van der Waals surface area contributed by atoms with Crippen LogP contribution in [0.5, 0.6) is 0 Å². The van der Waals surface area contributed by atoms with E-state index in [1.807, 2.05) is 13.8 Å². The van der Waals surface area contributed by atoms with Crippen LogP contribution in [0.25, 0.3) is 42.9 Å². The highest BCUT2D eigenvalue weighted by Gasteiger charge is 2.38. The van der Waals surface area contributed by atoms with E-state index in [4.69, 9.17) is 14.7 Å². The summed E-state index contributed by atoms with van der Waals surface area (Å²) in [6.07, 6.45) is 1.80. The van der Waals surface area contributed by atoms with Gasteiger partial charge in [0.05, 0.1) is 48.4 Å². The minimum atomic E-state index is -0.782. The first-order valence-electron chi connectivity index (χ1n) is 18.7. The molecule has 17 heteroatoms. The fourth-order valence-electron chi connectivity index (χ4n) is 7.67. The molecule has 0 radical (unpaired) electrons. The van der Waals surface area contributed by atoms with E-state index in [1.54, 1.807) is 41.0 Å². The number of alkyl carbamates (subject to hydrolysis) is 2. The average Bonchev–Trinajstić information content (AvgIpc) is 4.03. The summed E-state index contributed by atoms with van der Waals surface area (Å²) >= 11 is 1.23. The molecule has 4 amide bonds. The molecular weight excluding hydrogens is 747 g/mol. The van der Waals surface area contributed by atoms with Crippen LogP contribution in [0.4, 0.5) is 18.4 Å². The number of carbonyl (C=O) groups excluding carboxylic acids is 4. The summed E-state index contributed by atoms with van der Waals surface area (Å²) in [7, 11) is 2.49. The third-order valence-electron chi connectivity index (χ3n) is 10.6. The lowest BCUT2D eigenvalue weighted by Gasteiger charge is -2.29. The third-order valence-corrected chi connectivity index (χ3v) is 11.7. The molecule has 5 heterocycles. The van der Waals surface area contributed by atoms with Gasteiger partial charge in [-0.1, -0.05) is 20.8 Å². The molecule has 7 rings (SSSR count). The summed E-state index contributed by atoms with van der Waals surface area (Å²) in [5.74, 6) is -0.590. The first kappa shape index (κ1) is 38.7. The Kier molecular flexibility index (Phi) is 11.0. The van der Waals surface area contributed by atoms with Gasteiger partial charge in [0.1, 0.15) is 35.4 Å². The number of thiophene rings is 1. The highest BCUT2D eigenvalue weighted by molar-refractivity contribution is 7.18. The van der Waals surface area contributed by atoms with Crippen LogP contribution >= 0.6 is 11.3 Å². The molecule has 0 saturated carbocycles. The summed E-state index contributed by atoms with van der Waals surface area (Å²) in [5, 5.41) is 5.24. The molecule has 3 aromatic heterocycles. The lowest BCUT2D eigenvalue weighted by Crippen LogP contribution is -2.51. The normalized spacial score (nSPS) is 18.1. The number of rotatable bonds is 10. The lowest BCUT2D eigenvalue weighted by atomic mass is 10.0. The molecule has 5 aromatic rings. The molecule has 2 aliphatic heterocycles. The van der Waals surface area contributed by atoms with Gasteiger partial charge in [-0.15, -0.1) is 11.3 Å². The second kappa shape index (κ2) is 15.9. The summed E-state index contributed by atoms with van der Waals surface area (Å²) in [4.78, 5) is 71.3. The first-order chi connectivity index (χ1) is 26.9. The van der Waals surface area contributed by atoms with Gasteiger partial charge in [-0.05, 0) is 62.3 Å². The van der Waals surface area contributed by atoms with Gasteiger partial charge in [0.2, 0.25) is 11.8 Å². The molecule has 56 heavy (non-hydrogen) atoms. The summed E-state index contributed by atoms with van der Waals surface area (Å²) < 4.78 is 40.9. The van der Waals surface area contributed by atoms with Crippen molar-refractivity contribution in [2.75, 3.05) is 27.3 Å². The van der Waals surface area contributed by atoms with Crippen molar-refractivity contribution >= 4 is 57.4 Å². The fourth-order valence-corrected chi connectivity index (χ4v) is 8.71. The Balaban J connectivity index is 1.12. The highest BCUT2D eigenvalue weighted by Crippen LogP contribution is 2.40. The summed E-state index contributed by atoms with van der Waals surface area (Å²) in [6, 6.07) is 7.23. The number of ether oxygens (including phenoxy) is 2. The number of methoxy groups -OCH3 is 2. The van der Waals surface area contributed by atoms with E-state index in [9.17, 15) is 19.2 Å². The second-order valence-electron chi connectivity index (χ2n) is 14.4. The number of likely N-dealkylation sites (tertiary alicyclic amines) is 2. The van der Waals surface area contributed by atoms with Crippen LogP contribution in [0.3, 0.4) is 0 Å². The number of nitrogens with one attached hydrogen (secondary N) is 4. The maximum Gasteiger partial charge on any atom is 0.407 e. The van der Waals surface area contributed by atoms with Gasteiger partial charge in [0.15, 0.2) is 0 Å². The minimum Gasteiger partial charge on any atom is -0.453 e. The molecule has 2 aliphatic rings. The Morgan fingerprint density at radius 2 is 1.29 bits per heavy atom. The number of aromatic amines is 2. The van der Waals surface area contributed by atoms with Crippen molar-refractivity contribution in [2.45, 2.75) is 77.0 Å². The number of H-pyrrole nitrogens is 2. The molecule has 2 aromatic carbocycles. The zero-order chi connectivity index (χ0) is 39.8. The predicted octanol–water partition coefficient (Wildman–Crippen LogP) is 6.96. The van der Waals surface area contributed by atoms with Gasteiger partial charge in [0, 0.05) is 46.1 Å². The monoisotopic (exact) mass is 790 g/mol. The smallest absolute Gasteiger partial charge is 0.407 e. The van der Waals surface area contributed by atoms with Gasteiger partial charge in [-0.25, -0.2) is 28.3 Å². The molecule has 4 N–H and O–H groups in total. The largest absolute Gasteiger partial charge is 0.453 e. The average molecular weight is 791 g/mol. The van der Waals surface area contributed by atoms with Gasteiger partial charge < -0.3 is 39.9 Å². The number of halogens is 2. The van der Waals surface area contributed by atoms with Gasteiger partial charge >= 0.3 is 12.2 Å². The van der Waals surface area contributed by atoms with Crippen molar-refractivity contribution in [3.63, 3.8) is 0 Å².